The molecule has 0 N–H and O–H groups in total. The SMILES string of the molecule is CCN1C=CC(=C2C=CN(CC)C(Br)=C2Br)C=C1. The Labute approximate surface area is 125 Å². The second-order valence-corrected chi connectivity index (χ2v) is 5.58. The monoisotopic (exact) mass is 370 g/mol. The maximum atomic E-state index is 3.67. The Morgan fingerprint density at radius 1 is 0.944 bits per heavy atom. The summed E-state index contributed by atoms with van der Waals surface area (Å²) < 4.78 is 2.18. The molecule has 0 aromatic rings. The van der Waals surface area contributed by atoms with E-state index in [1.807, 2.05) is 0 Å². The summed E-state index contributed by atoms with van der Waals surface area (Å²) in [7, 11) is 0. The fraction of sp³-hybridized carbons (Fsp3) is 0.286. The zero-order valence-corrected chi connectivity index (χ0v) is 13.7. The molecule has 0 bridgehead atoms. The Hall–Kier alpha value is -0.740. The number of hydrogen-bond acceptors (Lipinski definition) is 2. The van der Waals surface area contributed by atoms with Crippen LogP contribution in [0, 0.1) is 0 Å². The van der Waals surface area contributed by atoms with Crippen LogP contribution in [0.25, 0.3) is 0 Å². The molecule has 0 amide bonds. The van der Waals surface area contributed by atoms with Gasteiger partial charge in [0.05, 0.1) is 9.09 Å². The number of rotatable bonds is 2. The molecule has 2 rings (SSSR count). The Bertz CT molecular complexity index is 468. The molecule has 4 heteroatoms. The van der Waals surface area contributed by atoms with Gasteiger partial charge in [-0.25, -0.2) is 0 Å². The third kappa shape index (κ3) is 2.64. The highest BCUT2D eigenvalue weighted by Crippen LogP contribution is 2.35. The first kappa shape index (κ1) is 13.7. The van der Waals surface area contributed by atoms with Gasteiger partial charge in [-0.15, -0.1) is 0 Å². The molecule has 0 saturated carbocycles. The minimum absolute atomic E-state index is 0.948. The summed E-state index contributed by atoms with van der Waals surface area (Å²) in [6, 6.07) is 0. The second-order valence-electron chi connectivity index (χ2n) is 4.04. The van der Waals surface area contributed by atoms with Gasteiger partial charge in [0.25, 0.3) is 0 Å². The average Bonchev–Trinajstić information content (AvgIpc) is 2.42. The summed E-state index contributed by atoms with van der Waals surface area (Å²) in [6.07, 6.45) is 12.8. The number of hydrogen-bond donors (Lipinski definition) is 0. The average molecular weight is 372 g/mol. The third-order valence-corrected chi connectivity index (χ3v) is 5.19. The van der Waals surface area contributed by atoms with Gasteiger partial charge in [0.2, 0.25) is 0 Å². The van der Waals surface area contributed by atoms with Gasteiger partial charge in [0, 0.05) is 37.3 Å². The molecule has 0 aromatic heterocycles. The minimum Gasteiger partial charge on any atom is -0.354 e. The summed E-state index contributed by atoms with van der Waals surface area (Å²) in [5.41, 5.74) is 2.42. The summed E-state index contributed by atoms with van der Waals surface area (Å²) in [6.45, 7) is 6.21. The molecule has 0 unspecified atom stereocenters. The molecule has 0 radical (unpaired) electrons. The van der Waals surface area contributed by atoms with Gasteiger partial charge in [-0.2, -0.15) is 0 Å². The zero-order valence-electron chi connectivity index (χ0n) is 10.5. The molecule has 2 heterocycles. The van der Waals surface area contributed by atoms with Crippen molar-refractivity contribution in [2.45, 2.75) is 13.8 Å². The predicted molar refractivity (Wildman–Crippen MR) is 84.1 cm³/mol. The van der Waals surface area contributed by atoms with Crippen molar-refractivity contribution < 1.29 is 0 Å². The lowest BCUT2D eigenvalue weighted by molar-refractivity contribution is 0.521. The van der Waals surface area contributed by atoms with Crippen molar-refractivity contribution in [3.63, 3.8) is 0 Å². The van der Waals surface area contributed by atoms with Gasteiger partial charge in [0.1, 0.15) is 0 Å². The molecule has 0 aliphatic carbocycles. The molecule has 0 saturated heterocycles. The van der Waals surface area contributed by atoms with Crippen LogP contribution in [0.1, 0.15) is 13.8 Å². The van der Waals surface area contributed by atoms with Crippen molar-refractivity contribution in [1.82, 2.24) is 9.80 Å². The highest BCUT2D eigenvalue weighted by molar-refractivity contribution is 9.14. The smallest absolute Gasteiger partial charge is 0.0996 e. The van der Waals surface area contributed by atoms with Gasteiger partial charge < -0.3 is 9.80 Å². The van der Waals surface area contributed by atoms with Crippen LogP contribution in [0.3, 0.4) is 0 Å². The first-order valence-corrected chi connectivity index (χ1v) is 7.62. The van der Waals surface area contributed by atoms with E-state index in [0.29, 0.717) is 0 Å². The van der Waals surface area contributed by atoms with E-state index < -0.39 is 0 Å². The van der Waals surface area contributed by atoms with Crippen LogP contribution in [-0.2, 0) is 0 Å². The molecule has 2 nitrogen and oxygen atoms in total. The van der Waals surface area contributed by atoms with Crippen LogP contribution in [0.2, 0.25) is 0 Å². The van der Waals surface area contributed by atoms with E-state index >= 15 is 0 Å². The van der Waals surface area contributed by atoms with Crippen molar-refractivity contribution in [3.8, 4) is 0 Å². The lowest BCUT2D eigenvalue weighted by Gasteiger charge is -2.25. The lowest BCUT2D eigenvalue weighted by atomic mass is 10.0. The lowest BCUT2D eigenvalue weighted by Crippen LogP contribution is -2.17. The standard InChI is InChI=1S/C14H16Br2N2/c1-3-17-8-5-11(6-9-17)12-7-10-18(4-2)14(16)13(12)15/h5-10H,3-4H2,1-2H3. The highest BCUT2D eigenvalue weighted by Gasteiger charge is 2.17. The van der Waals surface area contributed by atoms with Crippen molar-refractivity contribution in [2.24, 2.45) is 0 Å². The van der Waals surface area contributed by atoms with Crippen molar-refractivity contribution >= 4 is 31.9 Å². The van der Waals surface area contributed by atoms with Gasteiger partial charge in [-0.1, -0.05) is 0 Å². The minimum atomic E-state index is 0.948. The van der Waals surface area contributed by atoms with Gasteiger partial charge in [-0.05, 0) is 69.5 Å². The van der Waals surface area contributed by atoms with Crippen molar-refractivity contribution in [3.05, 3.63) is 57.1 Å². The summed E-state index contributed by atoms with van der Waals surface area (Å²) in [5, 5.41) is 0. The maximum Gasteiger partial charge on any atom is 0.0996 e. The molecular formula is C14H16Br2N2. The van der Waals surface area contributed by atoms with Crippen LogP contribution in [0.4, 0.5) is 0 Å². The fourth-order valence-corrected chi connectivity index (χ4v) is 3.03. The van der Waals surface area contributed by atoms with E-state index in [1.54, 1.807) is 0 Å². The van der Waals surface area contributed by atoms with Crippen LogP contribution >= 0.6 is 31.9 Å². The van der Waals surface area contributed by atoms with Crippen LogP contribution < -0.4 is 0 Å². The van der Waals surface area contributed by atoms with E-state index in [1.165, 1.54) is 11.1 Å². The van der Waals surface area contributed by atoms with E-state index in [2.05, 4.69) is 92.3 Å². The molecule has 0 spiro atoms. The molecule has 2 aliphatic rings. The Morgan fingerprint density at radius 2 is 1.61 bits per heavy atom. The van der Waals surface area contributed by atoms with Crippen molar-refractivity contribution in [2.75, 3.05) is 13.1 Å². The fourth-order valence-electron chi connectivity index (χ4n) is 1.86. The number of nitrogens with zero attached hydrogens (tertiary/aromatic N) is 2. The molecular weight excluding hydrogens is 356 g/mol. The van der Waals surface area contributed by atoms with Crippen molar-refractivity contribution in [1.29, 1.82) is 0 Å². The number of halogens is 2. The normalized spacial score (nSPS) is 19.3. The topological polar surface area (TPSA) is 6.48 Å². The first-order valence-electron chi connectivity index (χ1n) is 6.04. The molecule has 18 heavy (non-hydrogen) atoms. The van der Waals surface area contributed by atoms with Crippen LogP contribution in [0.15, 0.2) is 57.1 Å². The Morgan fingerprint density at radius 3 is 2.17 bits per heavy atom. The molecule has 0 fully saturated rings. The molecule has 2 aliphatic heterocycles. The molecule has 0 atom stereocenters. The van der Waals surface area contributed by atoms with E-state index in [-0.39, 0.29) is 0 Å². The van der Waals surface area contributed by atoms with Gasteiger partial charge >= 0.3 is 0 Å². The van der Waals surface area contributed by atoms with Crippen LogP contribution in [-0.4, -0.2) is 22.9 Å². The Balaban J connectivity index is 2.34. The zero-order chi connectivity index (χ0) is 13.1. The quantitative estimate of drug-likeness (QED) is 0.661. The van der Waals surface area contributed by atoms with Gasteiger partial charge in [0.15, 0.2) is 0 Å². The summed E-state index contributed by atoms with van der Waals surface area (Å²) >= 11 is 7.30. The van der Waals surface area contributed by atoms with E-state index in [0.717, 1.165) is 22.2 Å². The van der Waals surface area contributed by atoms with Crippen LogP contribution in [0.5, 0.6) is 0 Å². The third-order valence-electron chi connectivity index (χ3n) is 3.00. The summed E-state index contributed by atoms with van der Waals surface area (Å²) in [4.78, 5) is 4.31. The van der Waals surface area contributed by atoms with Gasteiger partial charge in [-0.3, -0.25) is 0 Å². The summed E-state index contributed by atoms with van der Waals surface area (Å²) in [5.74, 6) is 0. The maximum absolute atomic E-state index is 3.67. The molecule has 96 valence electrons. The predicted octanol–water partition coefficient (Wildman–Crippen LogP) is 4.45. The largest absolute Gasteiger partial charge is 0.354 e. The number of allylic oxidation sites excluding steroid dienone is 6. The first-order chi connectivity index (χ1) is 8.67. The highest BCUT2D eigenvalue weighted by atomic mass is 79.9. The molecule has 0 aromatic carbocycles. The Kier molecular flexibility index (Phi) is 4.51. The second kappa shape index (κ2) is 5.93. The van der Waals surface area contributed by atoms with E-state index in [9.17, 15) is 0 Å². The van der Waals surface area contributed by atoms with E-state index in [4.69, 9.17) is 0 Å².